The van der Waals surface area contributed by atoms with Gasteiger partial charge in [0.1, 0.15) is 0 Å². The third kappa shape index (κ3) is 4.64. The monoisotopic (exact) mass is 350 g/mol. The highest BCUT2D eigenvalue weighted by molar-refractivity contribution is 14.1. The SMILES string of the molecule is IO/C(=N\C1CCCCC1)NC1CCCCC1. The van der Waals surface area contributed by atoms with E-state index in [1.54, 1.807) is 0 Å². The van der Waals surface area contributed by atoms with Gasteiger partial charge in [0.2, 0.25) is 0 Å². The Hall–Kier alpha value is 0. The summed E-state index contributed by atoms with van der Waals surface area (Å²) >= 11 is 1.95. The van der Waals surface area contributed by atoms with Crippen LogP contribution in [0.25, 0.3) is 0 Å². The Labute approximate surface area is 118 Å². The minimum atomic E-state index is 0.490. The Morgan fingerprint density at radius 2 is 1.53 bits per heavy atom. The van der Waals surface area contributed by atoms with Gasteiger partial charge < -0.3 is 8.38 Å². The lowest BCUT2D eigenvalue weighted by atomic mass is 9.95. The molecule has 0 amide bonds. The maximum Gasteiger partial charge on any atom is 0.294 e. The fourth-order valence-electron chi connectivity index (χ4n) is 2.88. The summed E-state index contributed by atoms with van der Waals surface area (Å²) in [5, 5.41) is 3.47. The molecule has 2 rings (SSSR count). The van der Waals surface area contributed by atoms with Crippen molar-refractivity contribution in [3.05, 3.63) is 0 Å². The van der Waals surface area contributed by atoms with Crippen molar-refractivity contribution >= 4 is 29.0 Å². The Bertz CT molecular complexity index is 246. The maximum absolute atomic E-state index is 5.36. The summed E-state index contributed by atoms with van der Waals surface area (Å²) in [5.74, 6) is 0. The molecular weight excluding hydrogens is 327 g/mol. The van der Waals surface area contributed by atoms with Crippen LogP contribution in [0.2, 0.25) is 0 Å². The molecule has 2 aliphatic carbocycles. The molecule has 0 atom stereocenters. The zero-order chi connectivity index (χ0) is 11.9. The molecule has 2 aliphatic rings. The zero-order valence-electron chi connectivity index (χ0n) is 10.5. The molecular formula is C13H23IN2O. The van der Waals surface area contributed by atoms with E-state index in [0.29, 0.717) is 12.1 Å². The molecule has 2 saturated carbocycles. The van der Waals surface area contributed by atoms with Gasteiger partial charge in [0, 0.05) is 6.04 Å². The van der Waals surface area contributed by atoms with Crippen molar-refractivity contribution in [1.82, 2.24) is 5.32 Å². The van der Waals surface area contributed by atoms with Crippen LogP contribution < -0.4 is 5.32 Å². The number of nitrogens with zero attached hydrogens (tertiary/aromatic N) is 1. The standard InChI is InChI=1S/C13H23IN2O/c14-17-13(15-11-7-3-1-4-8-11)16-12-9-5-2-6-10-12/h11-12H,1-10H2,(H,15,16). The third-order valence-corrected chi connectivity index (χ3v) is 4.30. The van der Waals surface area contributed by atoms with Gasteiger partial charge in [-0.1, -0.05) is 38.5 Å². The van der Waals surface area contributed by atoms with Crippen LogP contribution in [0.1, 0.15) is 64.2 Å². The summed E-state index contributed by atoms with van der Waals surface area (Å²) in [7, 11) is 0. The van der Waals surface area contributed by atoms with E-state index in [-0.39, 0.29) is 0 Å². The van der Waals surface area contributed by atoms with Gasteiger partial charge in [0.25, 0.3) is 6.02 Å². The summed E-state index contributed by atoms with van der Waals surface area (Å²) in [6.45, 7) is 0. The first kappa shape index (κ1) is 13.4. The highest BCUT2D eigenvalue weighted by atomic mass is 127. The lowest BCUT2D eigenvalue weighted by molar-refractivity contribution is 0.392. The number of halogens is 1. The van der Waals surface area contributed by atoms with Crippen molar-refractivity contribution in [2.24, 2.45) is 4.99 Å². The molecule has 0 aromatic rings. The first-order valence-corrected chi connectivity index (χ1v) is 7.89. The van der Waals surface area contributed by atoms with E-state index < -0.39 is 0 Å². The lowest BCUT2D eigenvalue weighted by Gasteiger charge is -2.24. The highest BCUT2D eigenvalue weighted by Crippen LogP contribution is 2.21. The molecule has 0 aromatic heterocycles. The Balaban J connectivity index is 1.83. The smallest absolute Gasteiger partial charge is 0.294 e. The molecule has 3 nitrogen and oxygen atoms in total. The molecule has 17 heavy (non-hydrogen) atoms. The zero-order valence-corrected chi connectivity index (χ0v) is 12.6. The molecule has 0 aromatic carbocycles. The van der Waals surface area contributed by atoms with Crippen molar-refractivity contribution in [1.29, 1.82) is 0 Å². The van der Waals surface area contributed by atoms with Gasteiger partial charge in [0.05, 0.1) is 6.04 Å². The summed E-state index contributed by atoms with van der Waals surface area (Å²) in [5.41, 5.74) is 0. The van der Waals surface area contributed by atoms with Gasteiger partial charge in [-0.15, -0.1) is 0 Å². The fraction of sp³-hybridized carbons (Fsp3) is 0.923. The van der Waals surface area contributed by atoms with Gasteiger partial charge in [-0.2, -0.15) is 0 Å². The van der Waals surface area contributed by atoms with E-state index in [1.807, 2.05) is 23.0 Å². The van der Waals surface area contributed by atoms with Gasteiger partial charge in [-0.05, 0) is 25.7 Å². The highest BCUT2D eigenvalue weighted by Gasteiger charge is 2.18. The first-order chi connectivity index (χ1) is 8.38. The van der Waals surface area contributed by atoms with Crippen molar-refractivity contribution in [2.45, 2.75) is 76.3 Å². The second-order valence-corrected chi connectivity index (χ2v) is 5.72. The number of aliphatic imine (C=N–C) groups is 1. The van der Waals surface area contributed by atoms with Crippen LogP contribution in [0.4, 0.5) is 0 Å². The van der Waals surface area contributed by atoms with Gasteiger partial charge in [-0.3, -0.25) is 0 Å². The van der Waals surface area contributed by atoms with Crippen LogP contribution in [0, 0.1) is 0 Å². The van der Waals surface area contributed by atoms with Gasteiger partial charge in [0.15, 0.2) is 23.0 Å². The Morgan fingerprint density at radius 3 is 2.12 bits per heavy atom. The van der Waals surface area contributed by atoms with Crippen LogP contribution in [-0.4, -0.2) is 18.1 Å². The van der Waals surface area contributed by atoms with Crippen molar-refractivity contribution < 1.29 is 3.07 Å². The molecule has 1 N–H and O–H groups in total. The quantitative estimate of drug-likeness (QED) is 0.465. The van der Waals surface area contributed by atoms with Crippen LogP contribution in [0.5, 0.6) is 0 Å². The largest absolute Gasteiger partial charge is 0.394 e. The van der Waals surface area contributed by atoms with Crippen LogP contribution >= 0.6 is 23.0 Å². The first-order valence-electron chi connectivity index (χ1n) is 7.01. The van der Waals surface area contributed by atoms with Gasteiger partial charge in [-0.25, -0.2) is 4.99 Å². The maximum atomic E-state index is 5.36. The second-order valence-electron chi connectivity index (χ2n) is 5.28. The van der Waals surface area contributed by atoms with E-state index in [1.165, 1.54) is 64.2 Å². The normalized spacial score (nSPS) is 24.6. The molecule has 0 bridgehead atoms. The van der Waals surface area contributed by atoms with Crippen LogP contribution in [0.15, 0.2) is 4.99 Å². The summed E-state index contributed by atoms with van der Waals surface area (Å²) in [6, 6.07) is 1.84. The topological polar surface area (TPSA) is 33.6 Å². The number of amidine groups is 1. The number of nitrogens with one attached hydrogen (secondary N) is 1. The molecule has 98 valence electrons. The van der Waals surface area contributed by atoms with Crippen LogP contribution in [-0.2, 0) is 3.07 Å². The van der Waals surface area contributed by atoms with E-state index >= 15 is 0 Å². The predicted octanol–water partition coefficient (Wildman–Crippen LogP) is 3.96. The fourth-order valence-corrected chi connectivity index (χ4v) is 3.12. The predicted molar refractivity (Wildman–Crippen MR) is 79.4 cm³/mol. The Morgan fingerprint density at radius 1 is 0.941 bits per heavy atom. The molecule has 0 saturated heterocycles. The number of hydrogen-bond donors (Lipinski definition) is 1. The molecule has 0 radical (unpaired) electrons. The van der Waals surface area contributed by atoms with Gasteiger partial charge >= 0.3 is 0 Å². The molecule has 4 heteroatoms. The molecule has 0 unspecified atom stereocenters. The molecule has 2 fully saturated rings. The van der Waals surface area contributed by atoms with Crippen LogP contribution in [0.3, 0.4) is 0 Å². The summed E-state index contributed by atoms with van der Waals surface area (Å²) in [6.07, 6.45) is 13.1. The van der Waals surface area contributed by atoms with Crippen molar-refractivity contribution in [3.8, 4) is 0 Å². The van der Waals surface area contributed by atoms with E-state index in [2.05, 4.69) is 5.32 Å². The van der Waals surface area contributed by atoms with Crippen molar-refractivity contribution in [3.63, 3.8) is 0 Å². The third-order valence-electron chi connectivity index (χ3n) is 3.88. The molecule has 0 aliphatic heterocycles. The van der Waals surface area contributed by atoms with E-state index in [9.17, 15) is 0 Å². The summed E-state index contributed by atoms with van der Waals surface area (Å²) < 4.78 is 5.36. The van der Waals surface area contributed by atoms with E-state index in [0.717, 1.165) is 6.02 Å². The average molecular weight is 350 g/mol. The average Bonchev–Trinajstić information content (AvgIpc) is 2.40. The Kier molecular flexibility index (Phi) is 5.88. The summed E-state index contributed by atoms with van der Waals surface area (Å²) in [4.78, 5) is 4.72. The number of rotatable bonds is 2. The van der Waals surface area contributed by atoms with Crippen molar-refractivity contribution in [2.75, 3.05) is 0 Å². The molecule has 0 spiro atoms. The minimum Gasteiger partial charge on any atom is -0.394 e. The minimum absolute atomic E-state index is 0.490. The second kappa shape index (κ2) is 7.44. The lowest BCUT2D eigenvalue weighted by Crippen LogP contribution is -2.37. The molecule has 0 heterocycles. The van der Waals surface area contributed by atoms with E-state index in [4.69, 9.17) is 8.06 Å². The number of hydrogen-bond acceptors (Lipinski definition) is 2.